The smallest absolute Gasteiger partial charge is 0.282 e. The molecule has 3 aromatic rings. The SMILES string of the molecule is CCOc1ccccc1NC1=C(c2ccc(C)c(C)c2)C(=O)N(c2ccc(C(C)(C)C)cc2)C1=O. The van der Waals surface area contributed by atoms with Crippen LogP contribution in [0.2, 0.25) is 0 Å². The third-order valence-corrected chi connectivity index (χ3v) is 6.32. The first-order valence-corrected chi connectivity index (χ1v) is 11.9. The number of hydrogen-bond donors (Lipinski definition) is 1. The van der Waals surface area contributed by atoms with Gasteiger partial charge in [0.15, 0.2) is 0 Å². The molecule has 180 valence electrons. The van der Waals surface area contributed by atoms with Crippen LogP contribution in [-0.4, -0.2) is 18.4 Å². The Balaban J connectivity index is 1.81. The van der Waals surface area contributed by atoms with E-state index in [2.05, 4.69) is 26.1 Å². The molecule has 35 heavy (non-hydrogen) atoms. The number of amides is 2. The second-order valence-electron chi connectivity index (χ2n) is 9.85. The van der Waals surface area contributed by atoms with Crippen LogP contribution in [-0.2, 0) is 15.0 Å². The summed E-state index contributed by atoms with van der Waals surface area (Å²) in [5.41, 5.74) is 5.75. The first-order valence-electron chi connectivity index (χ1n) is 11.9. The van der Waals surface area contributed by atoms with Gasteiger partial charge in [-0.3, -0.25) is 9.59 Å². The van der Waals surface area contributed by atoms with E-state index in [9.17, 15) is 9.59 Å². The third-order valence-electron chi connectivity index (χ3n) is 6.32. The zero-order valence-corrected chi connectivity index (χ0v) is 21.2. The maximum absolute atomic E-state index is 13.8. The van der Waals surface area contributed by atoms with Crippen molar-refractivity contribution in [1.82, 2.24) is 0 Å². The van der Waals surface area contributed by atoms with Crippen molar-refractivity contribution in [3.05, 3.63) is 94.7 Å². The number of nitrogens with one attached hydrogen (secondary N) is 1. The minimum absolute atomic E-state index is 0.0317. The van der Waals surface area contributed by atoms with Crippen LogP contribution >= 0.6 is 0 Å². The Kier molecular flexibility index (Phi) is 6.53. The number of rotatable bonds is 6. The van der Waals surface area contributed by atoms with Gasteiger partial charge in [-0.15, -0.1) is 0 Å². The fraction of sp³-hybridized carbons (Fsp3) is 0.267. The quantitative estimate of drug-likeness (QED) is 0.426. The molecule has 0 bridgehead atoms. The molecule has 5 nitrogen and oxygen atoms in total. The number of ether oxygens (including phenoxy) is 1. The summed E-state index contributed by atoms with van der Waals surface area (Å²) in [6.45, 7) is 12.8. The summed E-state index contributed by atoms with van der Waals surface area (Å²) in [4.78, 5) is 28.8. The summed E-state index contributed by atoms with van der Waals surface area (Å²) in [6.07, 6.45) is 0. The van der Waals surface area contributed by atoms with Crippen molar-refractivity contribution >= 4 is 28.8 Å². The molecule has 0 fully saturated rings. The van der Waals surface area contributed by atoms with Gasteiger partial charge in [0.1, 0.15) is 11.4 Å². The van der Waals surface area contributed by atoms with Gasteiger partial charge in [-0.2, -0.15) is 0 Å². The Morgan fingerprint density at radius 1 is 0.857 bits per heavy atom. The molecular formula is C30H32N2O3. The topological polar surface area (TPSA) is 58.6 Å². The van der Waals surface area contributed by atoms with Gasteiger partial charge in [0.2, 0.25) is 0 Å². The molecule has 0 saturated heterocycles. The molecule has 0 saturated carbocycles. The molecule has 5 heteroatoms. The van der Waals surface area contributed by atoms with Gasteiger partial charge in [-0.1, -0.05) is 63.2 Å². The van der Waals surface area contributed by atoms with Gasteiger partial charge in [0.25, 0.3) is 11.8 Å². The van der Waals surface area contributed by atoms with Gasteiger partial charge in [-0.25, -0.2) is 4.90 Å². The Morgan fingerprint density at radius 2 is 1.54 bits per heavy atom. The summed E-state index contributed by atoms with van der Waals surface area (Å²) >= 11 is 0. The van der Waals surface area contributed by atoms with Crippen molar-refractivity contribution in [3.63, 3.8) is 0 Å². The first kappa shape index (κ1) is 24.3. The van der Waals surface area contributed by atoms with E-state index in [4.69, 9.17) is 4.74 Å². The first-order chi connectivity index (χ1) is 16.6. The lowest BCUT2D eigenvalue weighted by Crippen LogP contribution is -2.32. The third kappa shape index (κ3) is 4.72. The molecular weight excluding hydrogens is 436 g/mol. The maximum atomic E-state index is 13.8. The lowest BCUT2D eigenvalue weighted by Gasteiger charge is -2.21. The van der Waals surface area contributed by atoms with Crippen molar-refractivity contribution in [2.24, 2.45) is 0 Å². The number of aryl methyl sites for hydroxylation is 2. The van der Waals surface area contributed by atoms with Crippen LogP contribution in [0.4, 0.5) is 11.4 Å². The maximum Gasteiger partial charge on any atom is 0.282 e. The van der Waals surface area contributed by atoms with Crippen molar-refractivity contribution in [2.45, 2.75) is 47.0 Å². The fourth-order valence-electron chi connectivity index (χ4n) is 4.14. The highest BCUT2D eigenvalue weighted by Gasteiger charge is 2.40. The zero-order chi connectivity index (χ0) is 25.3. The number of benzene rings is 3. The molecule has 0 unspecified atom stereocenters. The van der Waals surface area contributed by atoms with E-state index in [1.165, 1.54) is 4.90 Å². The highest BCUT2D eigenvalue weighted by molar-refractivity contribution is 6.46. The van der Waals surface area contributed by atoms with Gasteiger partial charge < -0.3 is 10.1 Å². The standard InChI is InChI=1S/C30H32N2O3/c1-7-35-25-11-9-8-10-24(25)31-27-26(21-13-12-19(2)20(3)18-21)28(33)32(29(27)34)23-16-14-22(15-17-23)30(4,5)6/h8-18,31H,7H2,1-6H3. The molecule has 1 heterocycles. The van der Waals surface area contributed by atoms with Gasteiger partial charge in [-0.05, 0) is 72.7 Å². The second kappa shape index (κ2) is 9.41. The normalized spacial score (nSPS) is 14.1. The van der Waals surface area contributed by atoms with E-state index in [-0.39, 0.29) is 17.0 Å². The van der Waals surface area contributed by atoms with Crippen molar-refractivity contribution < 1.29 is 14.3 Å². The molecule has 0 radical (unpaired) electrons. The summed E-state index contributed by atoms with van der Waals surface area (Å²) < 4.78 is 5.75. The molecule has 3 aromatic carbocycles. The number of carbonyl (C=O) groups is 2. The predicted molar refractivity (Wildman–Crippen MR) is 142 cm³/mol. The average Bonchev–Trinajstić information content (AvgIpc) is 3.06. The fourth-order valence-corrected chi connectivity index (χ4v) is 4.14. The minimum atomic E-state index is -0.391. The highest BCUT2D eigenvalue weighted by atomic mass is 16.5. The molecule has 4 rings (SSSR count). The number of carbonyl (C=O) groups excluding carboxylic acids is 2. The van der Waals surface area contributed by atoms with Crippen LogP contribution in [0.5, 0.6) is 5.75 Å². The molecule has 0 aromatic heterocycles. The summed E-state index contributed by atoms with van der Waals surface area (Å²) in [5, 5.41) is 3.24. The Hall–Kier alpha value is -3.86. The highest BCUT2D eigenvalue weighted by Crippen LogP contribution is 2.36. The molecule has 2 amide bonds. The van der Waals surface area contributed by atoms with Crippen LogP contribution in [0.3, 0.4) is 0 Å². The van der Waals surface area contributed by atoms with Crippen molar-refractivity contribution in [3.8, 4) is 5.75 Å². The van der Waals surface area contributed by atoms with Crippen molar-refractivity contribution in [2.75, 3.05) is 16.8 Å². The summed E-state index contributed by atoms with van der Waals surface area (Å²) in [5.74, 6) is -0.119. The second-order valence-corrected chi connectivity index (χ2v) is 9.85. The van der Waals surface area contributed by atoms with Crippen LogP contribution in [0.1, 0.15) is 49.9 Å². The Labute approximate surface area is 207 Å². The Morgan fingerprint density at radius 3 is 2.17 bits per heavy atom. The molecule has 1 N–H and O–H groups in total. The van der Waals surface area contributed by atoms with Gasteiger partial charge in [0.05, 0.1) is 23.6 Å². The van der Waals surface area contributed by atoms with Crippen LogP contribution in [0, 0.1) is 13.8 Å². The van der Waals surface area contributed by atoms with Crippen LogP contribution in [0.15, 0.2) is 72.4 Å². The minimum Gasteiger partial charge on any atom is -0.492 e. The van der Waals surface area contributed by atoms with E-state index in [0.29, 0.717) is 34.9 Å². The molecule has 0 atom stereocenters. The van der Waals surface area contributed by atoms with E-state index < -0.39 is 5.91 Å². The molecule has 0 spiro atoms. The lowest BCUT2D eigenvalue weighted by atomic mass is 9.87. The largest absolute Gasteiger partial charge is 0.492 e. The Bertz CT molecular complexity index is 1310. The van der Waals surface area contributed by atoms with Crippen molar-refractivity contribution in [1.29, 1.82) is 0 Å². The number of para-hydroxylation sites is 2. The monoisotopic (exact) mass is 468 g/mol. The summed E-state index contributed by atoms with van der Waals surface area (Å²) in [6, 6.07) is 20.9. The van der Waals surface area contributed by atoms with E-state index in [1.807, 2.05) is 87.5 Å². The predicted octanol–water partition coefficient (Wildman–Crippen LogP) is 6.40. The van der Waals surface area contributed by atoms with E-state index >= 15 is 0 Å². The summed E-state index contributed by atoms with van der Waals surface area (Å²) in [7, 11) is 0. The number of nitrogens with zero attached hydrogens (tertiary/aromatic N) is 1. The number of hydrogen-bond acceptors (Lipinski definition) is 4. The van der Waals surface area contributed by atoms with Gasteiger partial charge >= 0.3 is 0 Å². The number of anilines is 2. The lowest BCUT2D eigenvalue weighted by molar-refractivity contribution is -0.120. The number of imide groups is 1. The van der Waals surface area contributed by atoms with E-state index in [1.54, 1.807) is 0 Å². The van der Waals surface area contributed by atoms with Crippen LogP contribution in [0.25, 0.3) is 5.57 Å². The van der Waals surface area contributed by atoms with Crippen LogP contribution < -0.4 is 15.0 Å². The van der Waals surface area contributed by atoms with Gasteiger partial charge in [0, 0.05) is 0 Å². The molecule has 1 aliphatic heterocycles. The zero-order valence-electron chi connectivity index (χ0n) is 21.2. The average molecular weight is 469 g/mol. The molecule has 1 aliphatic rings. The van der Waals surface area contributed by atoms with E-state index in [0.717, 1.165) is 16.7 Å². The molecule has 0 aliphatic carbocycles.